The quantitative estimate of drug-likeness (QED) is 0.523. The van der Waals surface area contributed by atoms with Gasteiger partial charge in [-0.05, 0) is 36.4 Å². The molecule has 0 aliphatic rings. The maximum atomic E-state index is 12.6. The summed E-state index contributed by atoms with van der Waals surface area (Å²) in [4.78, 5) is 12.6. The van der Waals surface area contributed by atoms with Crippen molar-refractivity contribution in [3.63, 3.8) is 0 Å². The van der Waals surface area contributed by atoms with Crippen LogP contribution in [0.15, 0.2) is 66.9 Å². The molecule has 2 nitrogen and oxygen atoms in total. The van der Waals surface area contributed by atoms with Crippen LogP contribution in [0.5, 0.6) is 0 Å². The fourth-order valence-electron chi connectivity index (χ4n) is 2.50. The third-order valence-corrected chi connectivity index (χ3v) is 3.91. The van der Waals surface area contributed by atoms with Crippen molar-refractivity contribution in [1.29, 1.82) is 0 Å². The summed E-state index contributed by atoms with van der Waals surface area (Å²) in [6.45, 7) is 1.92. The first kappa shape index (κ1) is 13.8. The number of carbonyl (C=O) groups excluding carboxylic acids is 1. The van der Waals surface area contributed by atoms with Crippen LogP contribution in [0, 0.1) is 0 Å². The van der Waals surface area contributed by atoms with E-state index in [0.717, 1.165) is 10.9 Å². The Labute approximate surface area is 128 Å². The lowest BCUT2D eigenvalue weighted by Gasteiger charge is -2.09. The van der Waals surface area contributed by atoms with Crippen molar-refractivity contribution in [1.82, 2.24) is 0 Å². The molecule has 3 heteroatoms. The number of aromatic nitrogens is 1. The first-order valence-corrected chi connectivity index (χ1v) is 7.23. The van der Waals surface area contributed by atoms with E-state index in [-0.39, 0.29) is 11.8 Å². The highest BCUT2D eigenvalue weighted by Crippen LogP contribution is 2.16. The van der Waals surface area contributed by atoms with Gasteiger partial charge in [0.1, 0.15) is 0 Å². The van der Waals surface area contributed by atoms with E-state index in [9.17, 15) is 4.79 Å². The predicted molar refractivity (Wildman–Crippen MR) is 84.6 cm³/mol. The summed E-state index contributed by atoms with van der Waals surface area (Å²) in [5.74, 6) is 0.0769. The summed E-state index contributed by atoms with van der Waals surface area (Å²) < 4.78 is 2.01. The molecule has 0 amide bonds. The average molecular weight is 297 g/mol. The second-order valence-corrected chi connectivity index (χ2v) is 5.46. The van der Waals surface area contributed by atoms with Crippen LogP contribution < -0.4 is 4.57 Å². The number of para-hydroxylation sites is 1. The molecule has 104 valence electrons. The lowest BCUT2D eigenvalue weighted by atomic mass is 10.0. The van der Waals surface area contributed by atoms with E-state index in [1.54, 1.807) is 24.3 Å². The van der Waals surface area contributed by atoms with Gasteiger partial charge in [0.2, 0.25) is 17.3 Å². The molecule has 21 heavy (non-hydrogen) atoms. The topological polar surface area (TPSA) is 20.9 Å². The lowest BCUT2D eigenvalue weighted by molar-refractivity contribution is -0.679. The molecule has 0 unspecified atom stereocenters. The Kier molecular flexibility index (Phi) is 3.72. The minimum Gasteiger partial charge on any atom is -0.287 e. The molecule has 0 N–H and O–H groups in total. The number of hydrogen-bond donors (Lipinski definition) is 0. The van der Waals surface area contributed by atoms with Gasteiger partial charge in [-0.3, -0.25) is 4.79 Å². The number of nitrogens with zero attached hydrogens (tertiary/aromatic N) is 1. The van der Waals surface area contributed by atoms with Crippen molar-refractivity contribution >= 4 is 28.3 Å². The molecule has 0 bridgehead atoms. The van der Waals surface area contributed by atoms with Crippen LogP contribution in [-0.2, 0) is 0 Å². The van der Waals surface area contributed by atoms with Crippen LogP contribution in [0.1, 0.15) is 23.3 Å². The Bertz CT molecular complexity index is 790. The first-order valence-electron chi connectivity index (χ1n) is 6.85. The molecule has 0 aliphatic carbocycles. The second kappa shape index (κ2) is 5.66. The number of rotatable bonds is 3. The van der Waals surface area contributed by atoms with E-state index >= 15 is 0 Å². The van der Waals surface area contributed by atoms with Crippen molar-refractivity contribution in [2.24, 2.45) is 0 Å². The number of carbonyl (C=O) groups is 1. The van der Waals surface area contributed by atoms with Gasteiger partial charge in [0.05, 0.1) is 0 Å². The molecule has 0 spiro atoms. The van der Waals surface area contributed by atoms with E-state index in [2.05, 4.69) is 0 Å². The molecule has 0 saturated heterocycles. The van der Waals surface area contributed by atoms with Crippen LogP contribution in [-0.4, -0.2) is 5.78 Å². The van der Waals surface area contributed by atoms with Crippen LogP contribution in [0.3, 0.4) is 0 Å². The fourth-order valence-corrected chi connectivity index (χ4v) is 2.63. The smallest absolute Gasteiger partial charge is 0.230 e. The number of halogens is 1. The molecule has 0 fully saturated rings. The zero-order valence-corrected chi connectivity index (χ0v) is 12.4. The molecule has 3 aromatic rings. The summed E-state index contributed by atoms with van der Waals surface area (Å²) in [6.07, 6.45) is 1.95. The maximum absolute atomic E-state index is 12.6. The third kappa shape index (κ3) is 2.67. The molecule has 0 radical (unpaired) electrons. The van der Waals surface area contributed by atoms with Gasteiger partial charge in [0, 0.05) is 35.0 Å². The van der Waals surface area contributed by atoms with Gasteiger partial charge in [-0.25, -0.2) is 0 Å². The molecule has 3 rings (SSSR count). The molecule has 1 aromatic heterocycles. The van der Waals surface area contributed by atoms with Gasteiger partial charge in [-0.1, -0.05) is 23.7 Å². The maximum Gasteiger partial charge on any atom is 0.230 e. The number of ketones is 1. The van der Waals surface area contributed by atoms with Crippen molar-refractivity contribution in [2.75, 3.05) is 0 Å². The summed E-state index contributed by atoms with van der Waals surface area (Å²) in [5.41, 5.74) is 1.72. The highest BCUT2D eigenvalue weighted by atomic mass is 35.5. The van der Waals surface area contributed by atoms with E-state index in [4.69, 9.17) is 11.6 Å². The SMILES string of the molecule is C[C@@H](C(=O)c1ccc(Cl)cc1)[n+]1cccc2ccccc21. The fraction of sp³-hybridized carbons (Fsp3) is 0.111. The predicted octanol–water partition coefficient (Wildman–Crippen LogP) is 4.22. The highest BCUT2D eigenvalue weighted by molar-refractivity contribution is 6.30. The van der Waals surface area contributed by atoms with E-state index in [1.807, 2.05) is 54.1 Å². The summed E-state index contributed by atoms with van der Waals surface area (Å²) in [7, 11) is 0. The van der Waals surface area contributed by atoms with Crippen molar-refractivity contribution in [3.8, 4) is 0 Å². The van der Waals surface area contributed by atoms with Gasteiger partial charge >= 0.3 is 0 Å². The first-order chi connectivity index (χ1) is 10.2. The van der Waals surface area contributed by atoms with Gasteiger partial charge in [-0.15, -0.1) is 0 Å². The molecule has 0 saturated carbocycles. The number of hydrogen-bond acceptors (Lipinski definition) is 1. The van der Waals surface area contributed by atoms with E-state index in [1.165, 1.54) is 0 Å². The monoisotopic (exact) mass is 296 g/mol. The number of Topliss-reactive ketones (excluding diaryl/α,β-unsaturated/α-hetero) is 1. The Morgan fingerprint density at radius 2 is 1.67 bits per heavy atom. The molecule has 2 aromatic carbocycles. The average Bonchev–Trinajstić information content (AvgIpc) is 2.53. The normalized spacial score (nSPS) is 12.3. The number of fused-ring (bicyclic) bond motifs is 1. The van der Waals surface area contributed by atoms with E-state index in [0.29, 0.717) is 10.6 Å². The molecular formula is C18H15ClNO+. The Morgan fingerprint density at radius 3 is 2.43 bits per heavy atom. The molecule has 1 heterocycles. The minimum atomic E-state index is -0.266. The Balaban J connectivity index is 2.02. The van der Waals surface area contributed by atoms with Gasteiger partial charge in [0.25, 0.3) is 0 Å². The molecular weight excluding hydrogens is 282 g/mol. The number of benzene rings is 2. The third-order valence-electron chi connectivity index (χ3n) is 3.66. The van der Waals surface area contributed by atoms with Crippen molar-refractivity contribution in [2.45, 2.75) is 13.0 Å². The van der Waals surface area contributed by atoms with Crippen LogP contribution in [0.25, 0.3) is 10.9 Å². The van der Waals surface area contributed by atoms with Gasteiger partial charge < -0.3 is 0 Å². The van der Waals surface area contributed by atoms with Gasteiger partial charge in [-0.2, -0.15) is 4.57 Å². The van der Waals surface area contributed by atoms with Crippen molar-refractivity contribution in [3.05, 3.63) is 77.4 Å². The van der Waals surface area contributed by atoms with Crippen LogP contribution in [0.4, 0.5) is 0 Å². The summed E-state index contributed by atoms with van der Waals surface area (Å²) >= 11 is 5.87. The van der Waals surface area contributed by atoms with E-state index < -0.39 is 0 Å². The Morgan fingerprint density at radius 1 is 1.00 bits per heavy atom. The zero-order valence-electron chi connectivity index (χ0n) is 11.7. The number of pyridine rings is 1. The Hall–Kier alpha value is -2.19. The molecule has 0 aliphatic heterocycles. The second-order valence-electron chi connectivity index (χ2n) is 5.02. The van der Waals surface area contributed by atoms with Crippen molar-refractivity contribution < 1.29 is 9.36 Å². The highest BCUT2D eigenvalue weighted by Gasteiger charge is 2.25. The largest absolute Gasteiger partial charge is 0.287 e. The van der Waals surface area contributed by atoms with Gasteiger partial charge in [0.15, 0.2) is 6.20 Å². The lowest BCUT2D eigenvalue weighted by Crippen LogP contribution is -2.42. The van der Waals surface area contributed by atoms with Crippen LogP contribution in [0.2, 0.25) is 5.02 Å². The molecule has 1 atom stereocenters. The summed E-state index contributed by atoms with van der Waals surface area (Å²) in [6, 6.07) is 18.8. The zero-order chi connectivity index (χ0) is 14.8. The van der Waals surface area contributed by atoms with Crippen LogP contribution >= 0.6 is 11.6 Å². The minimum absolute atomic E-state index is 0.0769. The summed E-state index contributed by atoms with van der Waals surface area (Å²) in [5, 5.41) is 1.76. The standard InChI is InChI=1S/C18H15ClNO/c1-13(18(21)15-8-10-16(19)11-9-15)20-12-4-6-14-5-2-3-7-17(14)20/h2-13H,1H3/q+1/t13-/m0/s1.